The minimum Gasteiger partial charge on any atom is -0.495 e. The average molecular weight is 237 g/mol. The third-order valence-electron chi connectivity index (χ3n) is 2.20. The van der Waals surface area contributed by atoms with Crippen molar-refractivity contribution in [1.29, 1.82) is 0 Å². The predicted octanol–water partition coefficient (Wildman–Crippen LogP) is 2.13. The Morgan fingerprint density at radius 3 is 2.65 bits per heavy atom. The molecule has 0 atom stereocenters. The van der Waals surface area contributed by atoms with Crippen molar-refractivity contribution < 1.29 is 19.4 Å². The molecule has 0 spiro atoms. The minimum atomic E-state index is -1.03. The van der Waals surface area contributed by atoms with E-state index in [0.29, 0.717) is 17.9 Å². The number of methoxy groups -OCH3 is 1. The second-order valence-corrected chi connectivity index (χ2v) is 3.52. The zero-order valence-corrected chi connectivity index (χ0v) is 9.82. The average Bonchev–Trinajstić information content (AvgIpc) is 2.29. The fourth-order valence-electron chi connectivity index (χ4n) is 1.37. The van der Waals surface area contributed by atoms with Crippen LogP contribution in [-0.4, -0.2) is 24.1 Å². The highest BCUT2D eigenvalue weighted by atomic mass is 16.5. The normalized spacial score (nSPS) is 9.76. The Labute approximate surface area is 99.4 Å². The van der Waals surface area contributed by atoms with Crippen LogP contribution in [0.15, 0.2) is 18.2 Å². The van der Waals surface area contributed by atoms with Crippen molar-refractivity contribution in [1.82, 2.24) is 0 Å². The molecule has 0 heterocycles. The summed E-state index contributed by atoms with van der Waals surface area (Å²) in [5.74, 6) is -0.807. The number of hydrogen-bond donors (Lipinski definition) is 2. The topological polar surface area (TPSA) is 75.6 Å². The van der Waals surface area contributed by atoms with Gasteiger partial charge in [-0.05, 0) is 24.6 Å². The maximum atomic E-state index is 11.4. The summed E-state index contributed by atoms with van der Waals surface area (Å²) in [6.07, 6.45) is 1.17. The maximum absolute atomic E-state index is 11.4. The molecule has 1 rings (SSSR count). The molecule has 1 aromatic carbocycles. The first kappa shape index (κ1) is 13.0. The van der Waals surface area contributed by atoms with Gasteiger partial charge in [-0.3, -0.25) is 4.79 Å². The Bertz CT molecular complexity index is 429. The summed E-state index contributed by atoms with van der Waals surface area (Å²) >= 11 is 0. The van der Waals surface area contributed by atoms with Crippen LogP contribution in [0, 0.1) is 0 Å². The molecule has 0 radical (unpaired) electrons. The van der Waals surface area contributed by atoms with Gasteiger partial charge in [0.15, 0.2) is 0 Å². The zero-order chi connectivity index (χ0) is 12.8. The maximum Gasteiger partial charge on any atom is 0.335 e. The molecule has 0 aliphatic heterocycles. The molecule has 0 saturated heterocycles. The molecule has 0 aliphatic rings. The molecule has 92 valence electrons. The number of carboxylic acids is 1. The molecule has 0 bridgehead atoms. The van der Waals surface area contributed by atoms with Gasteiger partial charge in [0.25, 0.3) is 0 Å². The van der Waals surface area contributed by atoms with E-state index in [9.17, 15) is 9.59 Å². The van der Waals surface area contributed by atoms with Gasteiger partial charge in [0.05, 0.1) is 18.4 Å². The van der Waals surface area contributed by atoms with Crippen LogP contribution in [0.4, 0.5) is 5.69 Å². The lowest BCUT2D eigenvalue weighted by Crippen LogP contribution is -2.12. The molecule has 1 amide bonds. The Balaban J connectivity index is 2.92. The van der Waals surface area contributed by atoms with Crippen LogP contribution >= 0.6 is 0 Å². The highest BCUT2D eigenvalue weighted by Crippen LogP contribution is 2.25. The lowest BCUT2D eigenvalue weighted by atomic mass is 10.2. The van der Waals surface area contributed by atoms with Gasteiger partial charge in [-0.1, -0.05) is 6.92 Å². The van der Waals surface area contributed by atoms with Gasteiger partial charge in [-0.25, -0.2) is 4.79 Å². The molecular formula is C12H15NO4. The number of carbonyl (C=O) groups excluding carboxylic acids is 1. The molecule has 0 saturated carbocycles. The van der Waals surface area contributed by atoms with Gasteiger partial charge in [0.1, 0.15) is 5.75 Å². The van der Waals surface area contributed by atoms with E-state index < -0.39 is 5.97 Å². The number of carboxylic acid groups (broad SMARTS) is 1. The first-order valence-electron chi connectivity index (χ1n) is 5.29. The summed E-state index contributed by atoms with van der Waals surface area (Å²) in [6, 6.07) is 4.33. The van der Waals surface area contributed by atoms with Crippen molar-refractivity contribution in [3.8, 4) is 5.75 Å². The Kier molecular flexibility index (Phi) is 4.51. The van der Waals surface area contributed by atoms with Gasteiger partial charge in [0, 0.05) is 6.42 Å². The number of ether oxygens (including phenoxy) is 1. The summed E-state index contributed by atoms with van der Waals surface area (Å²) in [6.45, 7) is 1.91. The summed E-state index contributed by atoms with van der Waals surface area (Å²) in [7, 11) is 1.43. The quantitative estimate of drug-likeness (QED) is 0.822. The summed E-state index contributed by atoms with van der Waals surface area (Å²) < 4.78 is 5.04. The molecular weight excluding hydrogens is 222 g/mol. The van der Waals surface area contributed by atoms with Gasteiger partial charge >= 0.3 is 5.97 Å². The number of rotatable bonds is 5. The number of anilines is 1. The lowest BCUT2D eigenvalue weighted by molar-refractivity contribution is -0.116. The lowest BCUT2D eigenvalue weighted by Gasteiger charge is -2.10. The van der Waals surface area contributed by atoms with Gasteiger partial charge in [-0.15, -0.1) is 0 Å². The molecule has 0 fully saturated rings. The fourth-order valence-corrected chi connectivity index (χ4v) is 1.37. The van der Waals surface area contributed by atoms with Crippen molar-refractivity contribution in [2.75, 3.05) is 12.4 Å². The molecule has 17 heavy (non-hydrogen) atoms. The van der Waals surface area contributed by atoms with Crippen LogP contribution in [0.2, 0.25) is 0 Å². The smallest absolute Gasteiger partial charge is 0.335 e. The van der Waals surface area contributed by atoms with E-state index in [2.05, 4.69) is 5.32 Å². The van der Waals surface area contributed by atoms with Crippen LogP contribution in [0.25, 0.3) is 0 Å². The van der Waals surface area contributed by atoms with Crippen LogP contribution in [0.1, 0.15) is 30.1 Å². The van der Waals surface area contributed by atoms with Crippen molar-refractivity contribution in [3.63, 3.8) is 0 Å². The van der Waals surface area contributed by atoms with Crippen LogP contribution < -0.4 is 10.1 Å². The molecule has 0 aromatic heterocycles. The van der Waals surface area contributed by atoms with E-state index in [1.165, 1.54) is 25.3 Å². The van der Waals surface area contributed by atoms with Crippen molar-refractivity contribution in [2.24, 2.45) is 0 Å². The number of amides is 1. The number of nitrogens with one attached hydrogen (secondary N) is 1. The van der Waals surface area contributed by atoms with E-state index in [0.717, 1.165) is 6.42 Å². The fraction of sp³-hybridized carbons (Fsp3) is 0.333. The van der Waals surface area contributed by atoms with Gasteiger partial charge < -0.3 is 15.2 Å². The van der Waals surface area contributed by atoms with E-state index in [-0.39, 0.29) is 11.5 Å². The van der Waals surface area contributed by atoms with Crippen molar-refractivity contribution in [2.45, 2.75) is 19.8 Å². The number of benzene rings is 1. The standard InChI is InChI=1S/C12H15NO4/c1-3-4-11(14)13-9-6-5-8(12(15)16)7-10(9)17-2/h5-7H,3-4H2,1-2H3,(H,13,14)(H,15,16). The molecule has 5 nitrogen and oxygen atoms in total. The Hall–Kier alpha value is -2.04. The van der Waals surface area contributed by atoms with Crippen LogP contribution in [0.3, 0.4) is 0 Å². The van der Waals surface area contributed by atoms with Crippen molar-refractivity contribution >= 4 is 17.6 Å². The number of hydrogen-bond acceptors (Lipinski definition) is 3. The minimum absolute atomic E-state index is 0.117. The predicted molar refractivity (Wildman–Crippen MR) is 63.5 cm³/mol. The first-order chi connectivity index (χ1) is 8.08. The monoisotopic (exact) mass is 237 g/mol. The molecule has 0 unspecified atom stereocenters. The molecule has 0 aliphatic carbocycles. The summed E-state index contributed by atoms with van der Waals surface area (Å²) in [5, 5.41) is 11.5. The van der Waals surface area contributed by atoms with Crippen LogP contribution in [0.5, 0.6) is 5.75 Å². The van der Waals surface area contributed by atoms with E-state index in [4.69, 9.17) is 9.84 Å². The highest BCUT2D eigenvalue weighted by Gasteiger charge is 2.10. The van der Waals surface area contributed by atoms with E-state index >= 15 is 0 Å². The third-order valence-corrected chi connectivity index (χ3v) is 2.20. The Morgan fingerprint density at radius 1 is 1.41 bits per heavy atom. The van der Waals surface area contributed by atoms with Gasteiger partial charge in [-0.2, -0.15) is 0 Å². The summed E-state index contributed by atoms with van der Waals surface area (Å²) in [4.78, 5) is 22.2. The number of aromatic carboxylic acids is 1. The van der Waals surface area contributed by atoms with E-state index in [1.807, 2.05) is 6.92 Å². The molecule has 5 heteroatoms. The second-order valence-electron chi connectivity index (χ2n) is 3.52. The Morgan fingerprint density at radius 2 is 2.12 bits per heavy atom. The van der Waals surface area contributed by atoms with Gasteiger partial charge in [0.2, 0.25) is 5.91 Å². The summed E-state index contributed by atoms with van der Waals surface area (Å²) in [5.41, 5.74) is 0.603. The first-order valence-corrected chi connectivity index (χ1v) is 5.29. The molecule has 2 N–H and O–H groups in total. The second kappa shape index (κ2) is 5.89. The SMILES string of the molecule is CCCC(=O)Nc1ccc(C(=O)O)cc1OC. The zero-order valence-electron chi connectivity index (χ0n) is 9.82. The largest absolute Gasteiger partial charge is 0.495 e. The highest BCUT2D eigenvalue weighted by molar-refractivity contribution is 5.94. The van der Waals surface area contributed by atoms with Crippen molar-refractivity contribution in [3.05, 3.63) is 23.8 Å². The van der Waals surface area contributed by atoms with E-state index in [1.54, 1.807) is 0 Å². The number of carbonyl (C=O) groups is 2. The molecule has 1 aromatic rings. The van der Waals surface area contributed by atoms with Crippen LogP contribution in [-0.2, 0) is 4.79 Å². The third kappa shape index (κ3) is 3.48.